The zero-order chi connectivity index (χ0) is 12.0. The third kappa shape index (κ3) is 4.10. The van der Waals surface area contributed by atoms with Crippen molar-refractivity contribution in [1.29, 1.82) is 0 Å². The van der Waals surface area contributed by atoms with Gasteiger partial charge in [0.1, 0.15) is 0 Å². The van der Waals surface area contributed by atoms with Gasteiger partial charge in [0.25, 0.3) is 0 Å². The van der Waals surface area contributed by atoms with Crippen LogP contribution < -0.4 is 5.32 Å². The van der Waals surface area contributed by atoms with Crippen LogP contribution in [0.25, 0.3) is 0 Å². The molecule has 1 atom stereocenters. The van der Waals surface area contributed by atoms with Crippen LogP contribution in [-0.2, 0) is 14.3 Å². The van der Waals surface area contributed by atoms with Crippen LogP contribution in [0.2, 0.25) is 0 Å². The summed E-state index contributed by atoms with van der Waals surface area (Å²) in [4.78, 5) is 11.5. The van der Waals surface area contributed by atoms with Gasteiger partial charge in [-0.25, -0.2) is 0 Å². The van der Waals surface area contributed by atoms with Crippen LogP contribution >= 0.6 is 0 Å². The molecule has 1 heterocycles. The number of methoxy groups -OCH3 is 1. The summed E-state index contributed by atoms with van der Waals surface area (Å²) in [6.45, 7) is 6.44. The number of hydrogen-bond donors (Lipinski definition) is 1. The van der Waals surface area contributed by atoms with Crippen molar-refractivity contribution in [3.8, 4) is 0 Å². The molecule has 0 aromatic heterocycles. The molecule has 1 saturated heterocycles. The Kier molecular flexibility index (Phi) is 5.77. The molecule has 16 heavy (non-hydrogen) atoms. The number of carbonyl (C=O) groups is 1. The number of rotatable bonds is 5. The van der Waals surface area contributed by atoms with Crippen molar-refractivity contribution in [1.82, 2.24) is 5.32 Å². The molecule has 0 aromatic rings. The van der Waals surface area contributed by atoms with Crippen molar-refractivity contribution < 1.29 is 14.3 Å². The highest BCUT2D eigenvalue weighted by Gasteiger charge is 2.24. The van der Waals surface area contributed by atoms with E-state index in [1.807, 2.05) is 13.8 Å². The standard InChI is InChI=1S/C12H23NO3/c1-9(2)11(12(14)15-3)8-13-10-4-6-16-7-5-10/h9-11,13H,4-8H2,1-3H3. The molecule has 1 fully saturated rings. The van der Waals surface area contributed by atoms with Gasteiger partial charge in [-0.2, -0.15) is 0 Å². The molecule has 0 amide bonds. The molecule has 0 bridgehead atoms. The van der Waals surface area contributed by atoms with E-state index in [0.29, 0.717) is 18.5 Å². The molecule has 4 heteroatoms. The molecule has 0 radical (unpaired) electrons. The fourth-order valence-electron chi connectivity index (χ4n) is 1.94. The number of nitrogens with one attached hydrogen (secondary N) is 1. The largest absolute Gasteiger partial charge is 0.469 e. The Balaban J connectivity index is 2.34. The van der Waals surface area contributed by atoms with Crippen LogP contribution in [0.15, 0.2) is 0 Å². The maximum Gasteiger partial charge on any atom is 0.310 e. The summed E-state index contributed by atoms with van der Waals surface area (Å²) in [5.41, 5.74) is 0. The zero-order valence-corrected chi connectivity index (χ0v) is 10.5. The van der Waals surface area contributed by atoms with Gasteiger partial charge < -0.3 is 14.8 Å². The fraction of sp³-hybridized carbons (Fsp3) is 0.917. The van der Waals surface area contributed by atoms with Crippen molar-refractivity contribution in [3.63, 3.8) is 0 Å². The predicted octanol–water partition coefficient (Wildman–Crippen LogP) is 1.20. The lowest BCUT2D eigenvalue weighted by atomic mass is 9.95. The van der Waals surface area contributed by atoms with Crippen molar-refractivity contribution >= 4 is 5.97 Å². The van der Waals surface area contributed by atoms with E-state index in [1.54, 1.807) is 0 Å². The SMILES string of the molecule is COC(=O)C(CNC1CCOCC1)C(C)C. The Morgan fingerprint density at radius 3 is 2.56 bits per heavy atom. The van der Waals surface area contributed by atoms with E-state index >= 15 is 0 Å². The van der Waals surface area contributed by atoms with Gasteiger partial charge in [0, 0.05) is 25.8 Å². The molecule has 0 aliphatic carbocycles. The second-order valence-electron chi connectivity index (χ2n) is 4.67. The molecular weight excluding hydrogens is 206 g/mol. The van der Waals surface area contributed by atoms with Crippen molar-refractivity contribution in [2.75, 3.05) is 26.9 Å². The van der Waals surface area contributed by atoms with Crippen LogP contribution in [0.3, 0.4) is 0 Å². The quantitative estimate of drug-likeness (QED) is 0.720. The maximum absolute atomic E-state index is 11.5. The molecule has 1 aliphatic rings. The lowest BCUT2D eigenvalue weighted by Crippen LogP contribution is -2.41. The lowest BCUT2D eigenvalue weighted by Gasteiger charge is -2.26. The molecule has 94 valence electrons. The first-order valence-corrected chi connectivity index (χ1v) is 6.04. The highest BCUT2D eigenvalue weighted by molar-refractivity contribution is 5.72. The van der Waals surface area contributed by atoms with Crippen molar-refractivity contribution in [3.05, 3.63) is 0 Å². The van der Waals surface area contributed by atoms with Gasteiger partial charge in [0.2, 0.25) is 0 Å². The van der Waals surface area contributed by atoms with E-state index in [4.69, 9.17) is 9.47 Å². The van der Waals surface area contributed by atoms with Crippen LogP contribution in [0.5, 0.6) is 0 Å². The van der Waals surface area contributed by atoms with Crippen molar-refractivity contribution in [2.24, 2.45) is 11.8 Å². The van der Waals surface area contributed by atoms with Crippen LogP contribution in [0, 0.1) is 11.8 Å². The number of hydrogen-bond acceptors (Lipinski definition) is 4. The summed E-state index contributed by atoms with van der Waals surface area (Å²) >= 11 is 0. The van der Waals surface area contributed by atoms with Gasteiger partial charge in [-0.3, -0.25) is 4.79 Å². The number of ether oxygens (including phenoxy) is 2. The third-order valence-corrected chi connectivity index (χ3v) is 3.16. The summed E-state index contributed by atoms with van der Waals surface area (Å²) in [6.07, 6.45) is 2.07. The van der Waals surface area contributed by atoms with Gasteiger partial charge in [-0.15, -0.1) is 0 Å². The second-order valence-corrected chi connectivity index (χ2v) is 4.67. The molecule has 0 aromatic carbocycles. The maximum atomic E-state index is 11.5. The number of esters is 1. The highest BCUT2D eigenvalue weighted by atomic mass is 16.5. The minimum absolute atomic E-state index is 0.0483. The molecule has 1 N–H and O–H groups in total. The monoisotopic (exact) mass is 229 g/mol. The molecule has 4 nitrogen and oxygen atoms in total. The van der Waals surface area contributed by atoms with E-state index < -0.39 is 0 Å². The number of carbonyl (C=O) groups excluding carboxylic acids is 1. The molecule has 1 unspecified atom stereocenters. The van der Waals surface area contributed by atoms with Gasteiger partial charge in [-0.05, 0) is 18.8 Å². The lowest BCUT2D eigenvalue weighted by molar-refractivity contribution is -0.146. The summed E-state index contributed by atoms with van der Waals surface area (Å²) < 4.78 is 10.1. The Morgan fingerprint density at radius 2 is 2.06 bits per heavy atom. The first kappa shape index (κ1) is 13.5. The second kappa shape index (κ2) is 6.86. The Morgan fingerprint density at radius 1 is 1.44 bits per heavy atom. The smallest absolute Gasteiger partial charge is 0.310 e. The molecule has 1 aliphatic heterocycles. The Bertz CT molecular complexity index is 212. The summed E-state index contributed by atoms with van der Waals surface area (Å²) in [5.74, 6) is 0.141. The minimum Gasteiger partial charge on any atom is -0.469 e. The van der Waals surface area contributed by atoms with E-state index in [2.05, 4.69) is 5.32 Å². The van der Waals surface area contributed by atoms with Gasteiger partial charge >= 0.3 is 5.97 Å². The van der Waals surface area contributed by atoms with Gasteiger partial charge in [0.05, 0.1) is 13.0 Å². The van der Waals surface area contributed by atoms with Crippen LogP contribution in [0.1, 0.15) is 26.7 Å². The average molecular weight is 229 g/mol. The minimum atomic E-state index is -0.116. The van der Waals surface area contributed by atoms with E-state index in [-0.39, 0.29) is 11.9 Å². The summed E-state index contributed by atoms with van der Waals surface area (Å²) in [5, 5.41) is 3.44. The average Bonchev–Trinajstić information content (AvgIpc) is 2.30. The zero-order valence-electron chi connectivity index (χ0n) is 10.5. The van der Waals surface area contributed by atoms with E-state index in [0.717, 1.165) is 26.1 Å². The predicted molar refractivity (Wildman–Crippen MR) is 62.2 cm³/mol. The Hall–Kier alpha value is -0.610. The normalized spacial score (nSPS) is 19.8. The van der Waals surface area contributed by atoms with Crippen molar-refractivity contribution in [2.45, 2.75) is 32.7 Å². The molecule has 0 saturated carbocycles. The highest BCUT2D eigenvalue weighted by Crippen LogP contribution is 2.13. The molecular formula is C12H23NO3. The van der Waals surface area contributed by atoms with Crippen LogP contribution in [-0.4, -0.2) is 38.9 Å². The van der Waals surface area contributed by atoms with E-state index in [9.17, 15) is 4.79 Å². The first-order valence-electron chi connectivity index (χ1n) is 6.04. The first-order chi connectivity index (χ1) is 7.65. The third-order valence-electron chi connectivity index (χ3n) is 3.16. The van der Waals surface area contributed by atoms with Crippen LogP contribution in [0.4, 0.5) is 0 Å². The Labute approximate surface area is 97.7 Å². The van der Waals surface area contributed by atoms with Gasteiger partial charge in [0.15, 0.2) is 0 Å². The van der Waals surface area contributed by atoms with E-state index in [1.165, 1.54) is 7.11 Å². The summed E-state index contributed by atoms with van der Waals surface area (Å²) in [7, 11) is 1.45. The molecule has 1 rings (SSSR count). The fourth-order valence-corrected chi connectivity index (χ4v) is 1.94. The van der Waals surface area contributed by atoms with Gasteiger partial charge in [-0.1, -0.05) is 13.8 Å². The summed E-state index contributed by atoms with van der Waals surface area (Å²) in [6, 6.07) is 0.486. The molecule has 0 spiro atoms. The topological polar surface area (TPSA) is 47.6 Å².